The van der Waals surface area contributed by atoms with Gasteiger partial charge in [-0.3, -0.25) is 14.9 Å². The number of hydrogen-bond donors (Lipinski definition) is 1. The zero-order chi connectivity index (χ0) is 13.5. The van der Waals surface area contributed by atoms with Gasteiger partial charge in [0.15, 0.2) is 0 Å². The molecule has 0 aliphatic carbocycles. The standard InChI is InChI=1S/C13H15NO5/c1-17-11(15)8-7-13(4-6-19-12(13)16)10(14-8)9-3-2-5-18-9/h2-3,5,8,10,14H,4,6-7H2,1H3/t8-,10-,13+/m1/s1. The highest BCUT2D eigenvalue weighted by Gasteiger charge is 2.59. The molecule has 0 unspecified atom stereocenters. The Labute approximate surface area is 110 Å². The molecule has 3 rings (SSSR count). The second-order valence-electron chi connectivity index (χ2n) is 4.94. The first-order valence-electron chi connectivity index (χ1n) is 6.22. The van der Waals surface area contributed by atoms with Gasteiger partial charge in [0.25, 0.3) is 0 Å². The maximum absolute atomic E-state index is 12.1. The molecule has 3 heterocycles. The number of hydrogen-bond acceptors (Lipinski definition) is 6. The summed E-state index contributed by atoms with van der Waals surface area (Å²) in [5, 5.41) is 3.14. The second-order valence-corrected chi connectivity index (χ2v) is 4.94. The van der Waals surface area contributed by atoms with Crippen LogP contribution in [-0.2, 0) is 19.1 Å². The number of carbonyl (C=O) groups excluding carboxylic acids is 2. The van der Waals surface area contributed by atoms with Crippen LogP contribution in [-0.4, -0.2) is 31.7 Å². The third-order valence-corrected chi connectivity index (χ3v) is 3.99. The Bertz CT molecular complexity index is 497. The summed E-state index contributed by atoms with van der Waals surface area (Å²) in [5.74, 6) is 0.00573. The molecule has 1 aromatic rings. The average molecular weight is 265 g/mol. The van der Waals surface area contributed by atoms with Crippen molar-refractivity contribution in [2.24, 2.45) is 5.41 Å². The summed E-state index contributed by atoms with van der Waals surface area (Å²) in [6, 6.07) is 2.70. The summed E-state index contributed by atoms with van der Waals surface area (Å²) in [5.41, 5.74) is -0.725. The van der Waals surface area contributed by atoms with Gasteiger partial charge < -0.3 is 13.9 Å². The average Bonchev–Trinajstić information content (AvgIpc) is 3.11. The minimum absolute atomic E-state index is 0.271. The van der Waals surface area contributed by atoms with Crippen LogP contribution in [0.15, 0.2) is 22.8 Å². The van der Waals surface area contributed by atoms with E-state index in [1.54, 1.807) is 18.4 Å². The van der Waals surface area contributed by atoms with Crippen LogP contribution in [0.2, 0.25) is 0 Å². The van der Waals surface area contributed by atoms with Crippen molar-refractivity contribution < 1.29 is 23.5 Å². The first-order valence-corrected chi connectivity index (χ1v) is 6.22. The molecule has 0 saturated carbocycles. The Kier molecular flexibility index (Phi) is 2.82. The lowest BCUT2D eigenvalue weighted by atomic mass is 9.77. The molecule has 1 spiro atoms. The molecule has 0 radical (unpaired) electrons. The highest BCUT2D eigenvalue weighted by molar-refractivity contribution is 5.84. The van der Waals surface area contributed by atoms with Gasteiger partial charge in [0.05, 0.1) is 31.4 Å². The smallest absolute Gasteiger partial charge is 0.322 e. The maximum atomic E-state index is 12.1. The quantitative estimate of drug-likeness (QED) is 0.796. The lowest BCUT2D eigenvalue weighted by Gasteiger charge is -2.24. The summed E-state index contributed by atoms with van der Waals surface area (Å²) in [6.07, 6.45) is 2.51. The number of rotatable bonds is 2. The van der Waals surface area contributed by atoms with Crippen LogP contribution in [0.1, 0.15) is 24.6 Å². The van der Waals surface area contributed by atoms with Gasteiger partial charge in [-0.05, 0) is 25.0 Å². The van der Waals surface area contributed by atoms with Crippen molar-refractivity contribution in [3.63, 3.8) is 0 Å². The third-order valence-electron chi connectivity index (χ3n) is 3.99. The predicted octanol–water partition coefficient (Wildman–Crippen LogP) is 0.789. The predicted molar refractivity (Wildman–Crippen MR) is 63.0 cm³/mol. The molecule has 102 valence electrons. The van der Waals surface area contributed by atoms with Crippen molar-refractivity contribution in [3.05, 3.63) is 24.2 Å². The number of furan rings is 1. The summed E-state index contributed by atoms with van der Waals surface area (Å²) >= 11 is 0. The van der Waals surface area contributed by atoms with Crippen LogP contribution in [0.4, 0.5) is 0 Å². The monoisotopic (exact) mass is 265 g/mol. The number of esters is 2. The zero-order valence-corrected chi connectivity index (χ0v) is 10.5. The van der Waals surface area contributed by atoms with Gasteiger partial charge in [-0.1, -0.05) is 0 Å². The second kappa shape index (κ2) is 4.38. The molecule has 2 aliphatic heterocycles. The molecule has 2 saturated heterocycles. The van der Waals surface area contributed by atoms with Crippen molar-refractivity contribution >= 4 is 11.9 Å². The van der Waals surface area contributed by atoms with Gasteiger partial charge in [-0.25, -0.2) is 0 Å². The van der Waals surface area contributed by atoms with E-state index in [-0.39, 0.29) is 18.0 Å². The van der Waals surface area contributed by atoms with E-state index in [0.29, 0.717) is 25.2 Å². The van der Waals surface area contributed by atoms with Crippen molar-refractivity contribution in [1.29, 1.82) is 0 Å². The fraction of sp³-hybridized carbons (Fsp3) is 0.538. The van der Waals surface area contributed by atoms with E-state index in [0.717, 1.165) is 0 Å². The van der Waals surface area contributed by atoms with Gasteiger partial charge in [-0.15, -0.1) is 0 Å². The number of carbonyl (C=O) groups is 2. The zero-order valence-electron chi connectivity index (χ0n) is 10.5. The van der Waals surface area contributed by atoms with Crippen LogP contribution in [0.5, 0.6) is 0 Å². The summed E-state index contributed by atoms with van der Waals surface area (Å²) in [4.78, 5) is 23.8. The lowest BCUT2D eigenvalue weighted by Crippen LogP contribution is -2.34. The molecule has 2 fully saturated rings. The van der Waals surface area contributed by atoms with Gasteiger partial charge in [0, 0.05) is 0 Å². The van der Waals surface area contributed by atoms with E-state index < -0.39 is 11.5 Å². The Hall–Kier alpha value is -1.82. The van der Waals surface area contributed by atoms with Crippen LogP contribution in [0, 0.1) is 5.41 Å². The van der Waals surface area contributed by atoms with Crippen LogP contribution < -0.4 is 5.32 Å². The highest BCUT2D eigenvalue weighted by Crippen LogP contribution is 2.50. The molecule has 0 bridgehead atoms. The molecule has 6 heteroatoms. The van der Waals surface area contributed by atoms with E-state index in [2.05, 4.69) is 5.32 Å². The molecule has 3 atom stereocenters. The molecule has 1 aromatic heterocycles. The molecule has 2 aliphatic rings. The minimum atomic E-state index is -0.725. The summed E-state index contributed by atoms with van der Waals surface area (Å²) in [6.45, 7) is 0.381. The maximum Gasteiger partial charge on any atom is 0.322 e. The van der Waals surface area contributed by atoms with Crippen molar-refractivity contribution in [2.45, 2.75) is 24.9 Å². The van der Waals surface area contributed by atoms with Gasteiger partial charge in [-0.2, -0.15) is 0 Å². The summed E-state index contributed by atoms with van der Waals surface area (Å²) in [7, 11) is 1.34. The number of cyclic esters (lactones) is 1. The third kappa shape index (κ3) is 1.74. The lowest BCUT2D eigenvalue weighted by molar-refractivity contribution is -0.147. The fourth-order valence-corrected chi connectivity index (χ4v) is 3.02. The Balaban J connectivity index is 1.96. The Morgan fingerprint density at radius 1 is 1.58 bits per heavy atom. The van der Waals surface area contributed by atoms with Gasteiger partial charge in [0.1, 0.15) is 11.8 Å². The highest BCUT2D eigenvalue weighted by atomic mass is 16.5. The van der Waals surface area contributed by atoms with Gasteiger partial charge >= 0.3 is 11.9 Å². The van der Waals surface area contributed by atoms with E-state index in [1.807, 2.05) is 0 Å². The number of ether oxygens (including phenoxy) is 2. The SMILES string of the molecule is COC(=O)[C@H]1C[C@@]2(CCOC2=O)[C@@H](c2ccco2)N1. The Morgan fingerprint density at radius 2 is 2.42 bits per heavy atom. The van der Waals surface area contributed by atoms with E-state index in [9.17, 15) is 9.59 Å². The molecule has 19 heavy (non-hydrogen) atoms. The molecule has 6 nitrogen and oxygen atoms in total. The first-order chi connectivity index (χ1) is 9.17. The number of nitrogens with one attached hydrogen (secondary N) is 1. The normalized spacial score (nSPS) is 33.6. The molecular formula is C13H15NO5. The molecule has 0 aromatic carbocycles. The van der Waals surface area contributed by atoms with E-state index >= 15 is 0 Å². The molecule has 1 N–H and O–H groups in total. The van der Waals surface area contributed by atoms with Crippen LogP contribution >= 0.6 is 0 Å². The minimum Gasteiger partial charge on any atom is -0.468 e. The molecular weight excluding hydrogens is 250 g/mol. The van der Waals surface area contributed by atoms with E-state index in [4.69, 9.17) is 13.9 Å². The number of methoxy groups -OCH3 is 1. The van der Waals surface area contributed by atoms with Crippen LogP contribution in [0.25, 0.3) is 0 Å². The Morgan fingerprint density at radius 3 is 3.00 bits per heavy atom. The molecule has 0 amide bonds. The van der Waals surface area contributed by atoms with Crippen molar-refractivity contribution in [1.82, 2.24) is 5.32 Å². The van der Waals surface area contributed by atoms with Gasteiger partial charge in [0.2, 0.25) is 0 Å². The fourth-order valence-electron chi connectivity index (χ4n) is 3.02. The van der Waals surface area contributed by atoms with Crippen LogP contribution in [0.3, 0.4) is 0 Å². The van der Waals surface area contributed by atoms with Crippen molar-refractivity contribution in [3.8, 4) is 0 Å². The van der Waals surface area contributed by atoms with Crippen molar-refractivity contribution in [2.75, 3.05) is 13.7 Å². The largest absolute Gasteiger partial charge is 0.468 e. The van der Waals surface area contributed by atoms with E-state index in [1.165, 1.54) is 7.11 Å². The topological polar surface area (TPSA) is 77.8 Å². The first kappa shape index (κ1) is 12.2. The summed E-state index contributed by atoms with van der Waals surface area (Å²) < 4.78 is 15.3.